The molecule has 7 heteroatoms. The monoisotopic (exact) mass is 407 g/mol. The number of carbonyl (C=O) groups excluding carboxylic acids is 1. The van der Waals surface area contributed by atoms with Crippen LogP contribution in [0.4, 0.5) is 13.2 Å². The van der Waals surface area contributed by atoms with Crippen LogP contribution >= 0.6 is 0 Å². The Morgan fingerprint density at radius 3 is 2.48 bits per heavy atom. The first-order chi connectivity index (χ1) is 13.7. The van der Waals surface area contributed by atoms with Crippen molar-refractivity contribution in [2.45, 2.75) is 38.9 Å². The molecule has 0 spiro atoms. The number of hydrogen-bond donors (Lipinski definition) is 1. The minimum atomic E-state index is -4.43. The van der Waals surface area contributed by atoms with Gasteiger partial charge in [0, 0.05) is 6.42 Å². The van der Waals surface area contributed by atoms with E-state index in [1.807, 2.05) is 32.0 Å². The third kappa shape index (κ3) is 5.43. The molecule has 1 amide bonds. The van der Waals surface area contributed by atoms with E-state index in [0.29, 0.717) is 30.3 Å². The molecule has 0 fully saturated rings. The van der Waals surface area contributed by atoms with E-state index in [1.54, 1.807) is 0 Å². The van der Waals surface area contributed by atoms with E-state index in [9.17, 15) is 18.0 Å². The number of nitrogens with one attached hydrogen (secondary N) is 1. The third-order valence-electron chi connectivity index (χ3n) is 4.73. The molecule has 1 aliphatic heterocycles. The van der Waals surface area contributed by atoms with Crippen LogP contribution in [0.5, 0.6) is 11.5 Å². The summed E-state index contributed by atoms with van der Waals surface area (Å²) in [6.07, 6.45) is -3.76. The van der Waals surface area contributed by atoms with Gasteiger partial charge >= 0.3 is 6.18 Å². The molecule has 1 aliphatic rings. The van der Waals surface area contributed by atoms with Crippen molar-refractivity contribution in [3.05, 3.63) is 59.2 Å². The van der Waals surface area contributed by atoms with Gasteiger partial charge in [0.25, 0.3) is 0 Å². The van der Waals surface area contributed by atoms with Crippen LogP contribution in [-0.4, -0.2) is 19.1 Å². The van der Waals surface area contributed by atoms with E-state index in [4.69, 9.17) is 9.47 Å². The number of rotatable bonds is 5. The van der Waals surface area contributed by atoms with Gasteiger partial charge in [0.15, 0.2) is 11.5 Å². The summed E-state index contributed by atoms with van der Waals surface area (Å²) in [6.45, 7) is 5.09. The molecule has 0 unspecified atom stereocenters. The molecular formula is C22H24F3NO3. The Labute approximate surface area is 168 Å². The second-order valence-electron chi connectivity index (χ2n) is 7.42. The molecule has 3 rings (SSSR count). The van der Waals surface area contributed by atoms with E-state index in [-0.39, 0.29) is 24.3 Å². The zero-order valence-corrected chi connectivity index (χ0v) is 16.4. The Morgan fingerprint density at radius 1 is 1.07 bits per heavy atom. The summed E-state index contributed by atoms with van der Waals surface area (Å²) in [5.41, 5.74) is 0.422. The van der Waals surface area contributed by atoms with Gasteiger partial charge in [-0.2, -0.15) is 13.2 Å². The van der Waals surface area contributed by atoms with Gasteiger partial charge in [-0.3, -0.25) is 4.79 Å². The number of benzene rings is 2. The number of alkyl halides is 3. The van der Waals surface area contributed by atoms with Crippen LogP contribution in [0.15, 0.2) is 42.5 Å². The maximum atomic E-state index is 12.9. The van der Waals surface area contributed by atoms with E-state index < -0.39 is 11.7 Å². The third-order valence-corrected chi connectivity index (χ3v) is 4.73. The molecule has 0 radical (unpaired) electrons. The summed E-state index contributed by atoms with van der Waals surface area (Å²) >= 11 is 0. The number of ether oxygens (including phenoxy) is 2. The minimum Gasteiger partial charge on any atom is -0.490 e. The summed E-state index contributed by atoms with van der Waals surface area (Å²) < 4.78 is 50.0. The number of carbonyl (C=O) groups is 1. The molecule has 4 nitrogen and oxygen atoms in total. The van der Waals surface area contributed by atoms with Gasteiger partial charge in [-0.25, -0.2) is 0 Å². The van der Waals surface area contributed by atoms with Gasteiger partial charge in [0.2, 0.25) is 5.91 Å². The molecule has 0 saturated carbocycles. The van der Waals surface area contributed by atoms with Gasteiger partial charge in [-0.05, 0) is 35.2 Å². The molecule has 1 atom stereocenters. The fraction of sp³-hybridized carbons (Fsp3) is 0.409. The SMILES string of the molecule is CC(C)[C@H](NC(=O)Cc1cccc(C(F)(F)F)c1)c1ccc2c(c1)OCCCO2. The summed E-state index contributed by atoms with van der Waals surface area (Å²) in [4.78, 5) is 12.6. The van der Waals surface area contributed by atoms with Crippen molar-refractivity contribution in [2.24, 2.45) is 5.92 Å². The standard InChI is InChI=1S/C22H24F3NO3/c1-14(2)21(16-7-8-18-19(13-16)29-10-4-9-28-18)26-20(27)12-15-5-3-6-17(11-15)22(23,24)25/h3,5-8,11,13-14,21H,4,9-10,12H2,1-2H3,(H,26,27)/t21-/m0/s1. The van der Waals surface area contributed by atoms with Crippen molar-refractivity contribution in [3.8, 4) is 11.5 Å². The van der Waals surface area contributed by atoms with Crippen molar-refractivity contribution < 1.29 is 27.4 Å². The molecule has 0 bridgehead atoms. The average molecular weight is 407 g/mol. The summed E-state index contributed by atoms with van der Waals surface area (Å²) in [6, 6.07) is 10.1. The quantitative estimate of drug-likeness (QED) is 0.765. The zero-order valence-electron chi connectivity index (χ0n) is 16.4. The van der Waals surface area contributed by atoms with Crippen LogP contribution in [0.25, 0.3) is 0 Å². The summed E-state index contributed by atoms with van der Waals surface area (Å²) in [5, 5.41) is 2.95. The van der Waals surface area contributed by atoms with Gasteiger partial charge < -0.3 is 14.8 Å². The van der Waals surface area contributed by atoms with Crippen LogP contribution < -0.4 is 14.8 Å². The minimum absolute atomic E-state index is 0.0743. The highest BCUT2D eigenvalue weighted by molar-refractivity contribution is 5.79. The van der Waals surface area contributed by atoms with Crippen molar-refractivity contribution in [1.29, 1.82) is 0 Å². The summed E-state index contributed by atoms with van der Waals surface area (Å²) in [7, 11) is 0. The lowest BCUT2D eigenvalue weighted by molar-refractivity contribution is -0.137. The van der Waals surface area contributed by atoms with Crippen LogP contribution in [-0.2, 0) is 17.4 Å². The lowest BCUT2D eigenvalue weighted by Gasteiger charge is -2.24. The molecule has 0 aromatic heterocycles. The molecule has 29 heavy (non-hydrogen) atoms. The Bertz CT molecular complexity index is 865. The first-order valence-corrected chi connectivity index (χ1v) is 9.59. The highest BCUT2D eigenvalue weighted by Crippen LogP contribution is 2.34. The van der Waals surface area contributed by atoms with Crippen LogP contribution in [0, 0.1) is 5.92 Å². The van der Waals surface area contributed by atoms with Crippen molar-refractivity contribution in [1.82, 2.24) is 5.32 Å². The van der Waals surface area contributed by atoms with Crippen molar-refractivity contribution in [2.75, 3.05) is 13.2 Å². The van der Waals surface area contributed by atoms with Crippen LogP contribution in [0.3, 0.4) is 0 Å². The normalized spacial score (nSPS) is 15.0. The number of amides is 1. The van der Waals surface area contributed by atoms with E-state index in [0.717, 1.165) is 24.1 Å². The Kier molecular flexibility index (Phi) is 6.35. The predicted octanol–water partition coefficient (Wildman–Crippen LogP) is 4.92. The first-order valence-electron chi connectivity index (χ1n) is 9.59. The molecule has 2 aromatic carbocycles. The maximum Gasteiger partial charge on any atom is 0.416 e. The Hall–Kier alpha value is -2.70. The van der Waals surface area contributed by atoms with Gasteiger partial charge in [-0.15, -0.1) is 0 Å². The van der Waals surface area contributed by atoms with E-state index >= 15 is 0 Å². The first kappa shape index (κ1) is 21.0. The highest BCUT2D eigenvalue weighted by Gasteiger charge is 2.30. The largest absolute Gasteiger partial charge is 0.490 e. The van der Waals surface area contributed by atoms with Gasteiger partial charge in [0.1, 0.15) is 0 Å². The Morgan fingerprint density at radius 2 is 1.79 bits per heavy atom. The van der Waals surface area contributed by atoms with E-state index in [2.05, 4.69) is 5.32 Å². The number of fused-ring (bicyclic) bond motifs is 1. The Balaban J connectivity index is 1.74. The number of hydrogen-bond acceptors (Lipinski definition) is 3. The van der Waals surface area contributed by atoms with Crippen molar-refractivity contribution >= 4 is 5.91 Å². The number of halogens is 3. The second kappa shape index (κ2) is 8.76. The lowest BCUT2D eigenvalue weighted by atomic mass is 9.95. The summed E-state index contributed by atoms with van der Waals surface area (Å²) in [5.74, 6) is 1.04. The fourth-order valence-corrected chi connectivity index (χ4v) is 3.28. The second-order valence-corrected chi connectivity index (χ2v) is 7.42. The van der Waals surface area contributed by atoms with Crippen LogP contribution in [0.1, 0.15) is 43.0 Å². The predicted molar refractivity (Wildman–Crippen MR) is 103 cm³/mol. The molecule has 0 saturated heterocycles. The van der Waals surface area contributed by atoms with E-state index in [1.165, 1.54) is 12.1 Å². The average Bonchev–Trinajstić information content (AvgIpc) is 2.90. The fourth-order valence-electron chi connectivity index (χ4n) is 3.28. The van der Waals surface area contributed by atoms with Gasteiger partial charge in [0.05, 0.1) is 31.2 Å². The molecule has 1 N–H and O–H groups in total. The maximum absolute atomic E-state index is 12.9. The molecule has 2 aromatic rings. The zero-order chi connectivity index (χ0) is 21.0. The molecule has 0 aliphatic carbocycles. The molecule has 1 heterocycles. The smallest absolute Gasteiger partial charge is 0.416 e. The van der Waals surface area contributed by atoms with Gasteiger partial charge in [-0.1, -0.05) is 38.1 Å². The highest BCUT2D eigenvalue weighted by atomic mass is 19.4. The molecule has 156 valence electrons. The molecular weight excluding hydrogens is 383 g/mol. The van der Waals surface area contributed by atoms with Crippen LogP contribution in [0.2, 0.25) is 0 Å². The lowest BCUT2D eigenvalue weighted by Crippen LogP contribution is -2.33. The van der Waals surface area contributed by atoms with Crippen molar-refractivity contribution in [3.63, 3.8) is 0 Å². The topological polar surface area (TPSA) is 47.6 Å².